The molecular weight excluding hydrogens is 296 g/mol. The van der Waals surface area contributed by atoms with Gasteiger partial charge in [0.2, 0.25) is 0 Å². The van der Waals surface area contributed by atoms with Crippen molar-refractivity contribution >= 4 is 34.3 Å². The van der Waals surface area contributed by atoms with Gasteiger partial charge in [0.1, 0.15) is 5.82 Å². The van der Waals surface area contributed by atoms with Crippen molar-refractivity contribution in [2.24, 2.45) is 0 Å². The Bertz CT molecular complexity index is 767. The first-order valence-electron chi connectivity index (χ1n) is 6.83. The molecule has 2 aromatic rings. The van der Waals surface area contributed by atoms with Gasteiger partial charge in [0.15, 0.2) is 0 Å². The van der Waals surface area contributed by atoms with E-state index in [1.807, 2.05) is 38.1 Å². The number of pyridine rings is 1. The third kappa shape index (κ3) is 2.55. The maximum Gasteiger partial charge on any atom is 0.299 e. The van der Waals surface area contributed by atoms with E-state index in [9.17, 15) is 9.59 Å². The van der Waals surface area contributed by atoms with Gasteiger partial charge in [-0.2, -0.15) is 0 Å². The Labute approximate surface area is 132 Å². The molecule has 4 nitrogen and oxygen atoms in total. The molecular formula is C17H14N2O2S. The van der Waals surface area contributed by atoms with Gasteiger partial charge in [0, 0.05) is 6.20 Å². The number of imide groups is 1. The quantitative estimate of drug-likeness (QED) is 0.786. The number of nitrogens with zero attached hydrogens (tertiary/aromatic N) is 2. The number of hydrogen-bond donors (Lipinski definition) is 0. The molecule has 110 valence electrons. The second-order valence-corrected chi connectivity index (χ2v) is 5.98. The molecule has 0 bridgehead atoms. The van der Waals surface area contributed by atoms with E-state index in [-0.39, 0.29) is 11.1 Å². The second kappa shape index (κ2) is 5.77. The van der Waals surface area contributed by atoms with Gasteiger partial charge >= 0.3 is 0 Å². The first-order valence-corrected chi connectivity index (χ1v) is 7.65. The number of rotatable bonds is 2. The maximum atomic E-state index is 12.6. The fraction of sp³-hybridized carbons (Fsp3) is 0.118. The Morgan fingerprint density at radius 3 is 2.45 bits per heavy atom. The molecule has 2 amide bonds. The van der Waals surface area contributed by atoms with Crippen LogP contribution in [-0.4, -0.2) is 16.1 Å². The minimum absolute atomic E-state index is 0.313. The molecule has 2 heterocycles. The summed E-state index contributed by atoms with van der Waals surface area (Å²) < 4.78 is 0. The summed E-state index contributed by atoms with van der Waals surface area (Å²) in [5.41, 5.74) is 2.90. The van der Waals surface area contributed by atoms with Crippen LogP contribution < -0.4 is 4.90 Å². The molecule has 0 unspecified atom stereocenters. The topological polar surface area (TPSA) is 50.3 Å². The predicted molar refractivity (Wildman–Crippen MR) is 88.5 cm³/mol. The Kier molecular flexibility index (Phi) is 3.81. The summed E-state index contributed by atoms with van der Waals surface area (Å²) in [7, 11) is 0. The lowest BCUT2D eigenvalue weighted by atomic mass is 10.1. The van der Waals surface area contributed by atoms with Crippen LogP contribution in [0.3, 0.4) is 0 Å². The van der Waals surface area contributed by atoms with Crippen LogP contribution in [0.5, 0.6) is 0 Å². The van der Waals surface area contributed by atoms with Crippen LogP contribution in [0.2, 0.25) is 0 Å². The zero-order valence-electron chi connectivity index (χ0n) is 12.2. The number of thioether (sulfide) groups is 1. The Balaban J connectivity index is 2.00. The van der Waals surface area contributed by atoms with E-state index in [2.05, 4.69) is 4.98 Å². The van der Waals surface area contributed by atoms with Crippen molar-refractivity contribution in [1.29, 1.82) is 0 Å². The minimum atomic E-state index is -0.315. The van der Waals surface area contributed by atoms with Crippen LogP contribution in [0.1, 0.15) is 18.1 Å². The highest BCUT2D eigenvalue weighted by Gasteiger charge is 2.38. The van der Waals surface area contributed by atoms with Gasteiger partial charge < -0.3 is 0 Å². The lowest BCUT2D eigenvalue weighted by Gasteiger charge is -2.11. The average Bonchev–Trinajstić information content (AvgIpc) is 2.83. The van der Waals surface area contributed by atoms with Gasteiger partial charge in [0.25, 0.3) is 11.1 Å². The number of benzene rings is 1. The van der Waals surface area contributed by atoms with Gasteiger partial charge in [-0.05, 0) is 48.9 Å². The number of carbonyl (C=O) groups excluding carboxylic acids is 2. The zero-order valence-corrected chi connectivity index (χ0v) is 13.1. The summed E-state index contributed by atoms with van der Waals surface area (Å²) in [6.07, 6.45) is 1.56. The number of anilines is 1. The van der Waals surface area contributed by atoms with Gasteiger partial charge in [-0.1, -0.05) is 35.9 Å². The molecule has 3 rings (SSSR count). The highest BCUT2D eigenvalue weighted by atomic mass is 32.2. The molecule has 0 spiro atoms. The third-order valence-corrected chi connectivity index (χ3v) is 4.51. The molecule has 1 aliphatic heterocycles. The molecule has 1 saturated heterocycles. The summed E-state index contributed by atoms with van der Waals surface area (Å²) in [6.45, 7) is 3.87. The second-order valence-electron chi connectivity index (χ2n) is 5.02. The van der Waals surface area contributed by atoms with E-state index in [0.717, 1.165) is 33.4 Å². The van der Waals surface area contributed by atoms with Crippen LogP contribution in [0.4, 0.5) is 10.6 Å². The Hall–Kier alpha value is -2.40. The molecule has 0 N–H and O–H groups in total. The van der Waals surface area contributed by atoms with Gasteiger partial charge in [-0.3, -0.25) is 9.59 Å². The van der Waals surface area contributed by atoms with Gasteiger partial charge in [-0.15, -0.1) is 0 Å². The van der Waals surface area contributed by atoms with E-state index in [0.29, 0.717) is 10.7 Å². The Morgan fingerprint density at radius 1 is 1.09 bits per heavy atom. The third-order valence-electron chi connectivity index (χ3n) is 3.47. The van der Waals surface area contributed by atoms with Crippen molar-refractivity contribution < 1.29 is 9.59 Å². The summed E-state index contributed by atoms with van der Waals surface area (Å²) in [6, 6.07) is 13.0. The van der Waals surface area contributed by atoms with Crippen LogP contribution in [0, 0.1) is 6.92 Å². The standard InChI is InChI=1S/C17H14N2O2S/c1-11-6-8-13(9-7-11)12(2)15-16(20)19(17(21)22-15)14-5-3-4-10-18-14/h3-10H,1-2H3/b15-12-. The Morgan fingerprint density at radius 2 is 1.82 bits per heavy atom. The van der Waals surface area contributed by atoms with Crippen molar-refractivity contribution in [3.05, 3.63) is 64.7 Å². The summed E-state index contributed by atoms with van der Waals surface area (Å²) >= 11 is 0.961. The smallest absolute Gasteiger partial charge is 0.267 e. The zero-order chi connectivity index (χ0) is 15.7. The fourth-order valence-electron chi connectivity index (χ4n) is 2.22. The van der Waals surface area contributed by atoms with Crippen LogP contribution >= 0.6 is 11.8 Å². The molecule has 1 aromatic heterocycles. The van der Waals surface area contributed by atoms with Crippen molar-refractivity contribution in [3.63, 3.8) is 0 Å². The van der Waals surface area contributed by atoms with E-state index in [4.69, 9.17) is 0 Å². The van der Waals surface area contributed by atoms with E-state index in [1.54, 1.807) is 24.4 Å². The average molecular weight is 310 g/mol. The monoisotopic (exact) mass is 310 g/mol. The van der Waals surface area contributed by atoms with Gasteiger partial charge in [0.05, 0.1) is 4.91 Å². The maximum absolute atomic E-state index is 12.6. The molecule has 1 aromatic carbocycles. The van der Waals surface area contributed by atoms with Crippen molar-refractivity contribution in [3.8, 4) is 0 Å². The highest BCUT2D eigenvalue weighted by Crippen LogP contribution is 2.38. The molecule has 1 fully saturated rings. The van der Waals surface area contributed by atoms with E-state index < -0.39 is 0 Å². The molecule has 0 radical (unpaired) electrons. The van der Waals surface area contributed by atoms with Crippen molar-refractivity contribution in [2.75, 3.05) is 4.90 Å². The highest BCUT2D eigenvalue weighted by molar-refractivity contribution is 8.19. The number of aromatic nitrogens is 1. The number of allylic oxidation sites excluding steroid dienone is 1. The van der Waals surface area contributed by atoms with Crippen LogP contribution in [-0.2, 0) is 4.79 Å². The largest absolute Gasteiger partial charge is 0.299 e. The first-order chi connectivity index (χ1) is 10.6. The predicted octanol–water partition coefficient (Wildman–Crippen LogP) is 4.02. The molecule has 0 aliphatic carbocycles. The lowest BCUT2D eigenvalue weighted by molar-refractivity contribution is -0.113. The fourth-order valence-corrected chi connectivity index (χ4v) is 3.11. The van der Waals surface area contributed by atoms with Crippen LogP contribution in [0.25, 0.3) is 5.57 Å². The van der Waals surface area contributed by atoms with Crippen molar-refractivity contribution in [1.82, 2.24) is 4.98 Å². The van der Waals surface area contributed by atoms with Crippen molar-refractivity contribution in [2.45, 2.75) is 13.8 Å². The number of aryl methyl sites for hydroxylation is 1. The SMILES string of the molecule is C/C(=C1/SC(=O)N(c2ccccn2)C1=O)c1ccc(C)cc1. The van der Waals surface area contributed by atoms with E-state index >= 15 is 0 Å². The number of hydrogen-bond acceptors (Lipinski definition) is 4. The molecule has 22 heavy (non-hydrogen) atoms. The molecule has 0 atom stereocenters. The minimum Gasteiger partial charge on any atom is -0.267 e. The van der Waals surface area contributed by atoms with E-state index in [1.165, 1.54) is 0 Å². The molecule has 1 aliphatic rings. The molecule has 0 saturated carbocycles. The van der Waals surface area contributed by atoms with Gasteiger partial charge in [-0.25, -0.2) is 9.88 Å². The summed E-state index contributed by atoms with van der Waals surface area (Å²) in [5, 5.41) is -0.315. The van der Waals surface area contributed by atoms with Crippen LogP contribution in [0.15, 0.2) is 53.6 Å². The lowest BCUT2D eigenvalue weighted by Crippen LogP contribution is -2.28. The normalized spacial score (nSPS) is 17.1. The summed E-state index contributed by atoms with van der Waals surface area (Å²) in [4.78, 5) is 30.4. The number of carbonyl (C=O) groups is 2. The molecule has 5 heteroatoms. The number of amides is 2. The first kappa shape index (κ1) is 14.5. The summed E-state index contributed by atoms with van der Waals surface area (Å²) in [5.74, 6) is 0.0449.